The van der Waals surface area contributed by atoms with E-state index >= 15 is 0 Å². The van der Waals surface area contributed by atoms with Crippen molar-refractivity contribution in [3.05, 3.63) is 16.8 Å². The van der Waals surface area contributed by atoms with E-state index in [2.05, 4.69) is 9.97 Å². The molecule has 1 saturated heterocycles. The number of nitrogens with zero attached hydrogens (tertiary/aromatic N) is 3. The van der Waals surface area contributed by atoms with Gasteiger partial charge in [-0.2, -0.15) is 4.98 Å². The molecule has 1 aliphatic rings. The number of aliphatic hydroxyl groups is 2. The predicted molar refractivity (Wildman–Crippen MR) is 52.3 cm³/mol. The first-order chi connectivity index (χ1) is 7.61. The van der Waals surface area contributed by atoms with Crippen LogP contribution in [-0.2, 0) is 4.74 Å². The minimum absolute atomic E-state index is 0.112. The molecule has 16 heavy (non-hydrogen) atoms. The van der Waals surface area contributed by atoms with Gasteiger partial charge in [-0.1, -0.05) is 0 Å². The van der Waals surface area contributed by atoms with E-state index in [1.807, 2.05) is 0 Å². The summed E-state index contributed by atoms with van der Waals surface area (Å²) in [7, 11) is 0. The highest BCUT2D eigenvalue weighted by atomic mass is 16.5. The number of rotatable bonds is 2. The highest BCUT2D eigenvalue weighted by molar-refractivity contribution is 5.09. The van der Waals surface area contributed by atoms with Crippen molar-refractivity contribution in [2.75, 3.05) is 12.3 Å². The summed E-state index contributed by atoms with van der Waals surface area (Å²) in [5, 5.41) is 18.4. The number of aliphatic hydroxyl groups excluding tert-OH is 2. The fourth-order valence-corrected chi connectivity index (χ4v) is 1.60. The van der Waals surface area contributed by atoms with Crippen molar-refractivity contribution in [3.8, 4) is 0 Å². The second-order valence-electron chi connectivity index (χ2n) is 3.52. The third-order valence-electron chi connectivity index (χ3n) is 2.44. The molecule has 0 saturated carbocycles. The van der Waals surface area contributed by atoms with E-state index in [-0.39, 0.29) is 19.0 Å². The molecule has 1 aromatic heterocycles. The number of anilines is 1. The summed E-state index contributed by atoms with van der Waals surface area (Å²) < 4.78 is 6.41. The zero-order valence-corrected chi connectivity index (χ0v) is 8.35. The van der Waals surface area contributed by atoms with Crippen LogP contribution in [0.5, 0.6) is 0 Å². The maximum atomic E-state index is 11.4. The molecule has 8 heteroatoms. The highest BCUT2D eigenvalue weighted by Gasteiger charge is 2.35. The lowest BCUT2D eigenvalue weighted by molar-refractivity contribution is -0.0462. The topological polar surface area (TPSA) is 123 Å². The quantitative estimate of drug-likeness (QED) is 0.527. The second kappa shape index (κ2) is 4.16. The van der Waals surface area contributed by atoms with Crippen molar-refractivity contribution in [2.24, 2.45) is 0 Å². The van der Waals surface area contributed by atoms with E-state index in [9.17, 15) is 9.90 Å². The number of nitrogens with two attached hydrogens (primary N) is 1. The molecule has 0 spiro atoms. The average Bonchev–Trinajstić information content (AvgIpc) is 2.59. The van der Waals surface area contributed by atoms with Gasteiger partial charge in [0.15, 0.2) is 0 Å². The van der Waals surface area contributed by atoms with Crippen molar-refractivity contribution in [1.82, 2.24) is 14.5 Å². The van der Waals surface area contributed by atoms with Crippen LogP contribution in [0, 0.1) is 0 Å². The standard InChI is InChI=1S/C8H12N4O4/c9-7-10-3-12(8(15)11-7)6-1-4(14)5(2-13)16-6/h3-6,13-14H,1-2H2,(H2,9,11,15)/t4-,5?,6-/m1/s1. The lowest BCUT2D eigenvalue weighted by Crippen LogP contribution is -2.28. The smallest absolute Gasteiger partial charge is 0.354 e. The average molecular weight is 228 g/mol. The van der Waals surface area contributed by atoms with Gasteiger partial charge >= 0.3 is 5.69 Å². The normalized spacial score (nSPS) is 29.5. The lowest BCUT2D eigenvalue weighted by atomic mass is 10.2. The van der Waals surface area contributed by atoms with Crippen molar-refractivity contribution >= 4 is 5.95 Å². The molecule has 2 heterocycles. The Bertz CT molecular complexity index is 434. The first kappa shape index (κ1) is 11.0. The van der Waals surface area contributed by atoms with Crippen molar-refractivity contribution in [3.63, 3.8) is 0 Å². The van der Waals surface area contributed by atoms with Gasteiger partial charge in [-0.3, -0.25) is 4.57 Å². The van der Waals surface area contributed by atoms with Crippen LogP contribution in [0.15, 0.2) is 11.1 Å². The SMILES string of the molecule is Nc1ncn([C@H]2C[C@@H](O)C(CO)O2)c(=O)n1. The number of hydrogen-bond donors (Lipinski definition) is 3. The maximum absolute atomic E-state index is 11.4. The Balaban J connectivity index is 2.23. The van der Waals surface area contributed by atoms with Crippen molar-refractivity contribution in [2.45, 2.75) is 24.9 Å². The Kier molecular flexibility index (Phi) is 2.86. The molecular weight excluding hydrogens is 216 g/mol. The molecular formula is C8H12N4O4. The molecule has 1 unspecified atom stereocenters. The third-order valence-corrected chi connectivity index (χ3v) is 2.44. The first-order valence-electron chi connectivity index (χ1n) is 4.77. The van der Waals surface area contributed by atoms with Crippen LogP contribution < -0.4 is 11.4 Å². The van der Waals surface area contributed by atoms with Crippen LogP contribution in [0.3, 0.4) is 0 Å². The van der Waals surface area contributed by atoms with Gasteiger partial charge in [0.05, 0.1) is 12.7 Å². The molecule has 88 valence electrons. The zero-order chi connectivity index (χ0) is 11.7. The lowest BCUT2D eigenvalue weighted by Gasteiger charge is -2.13. The minimum Gasteiger partial charge on any atom is -0.394 e. The van der Waals surface area contributed by atoms with Crippen LogP contribution in [0.2, 0.25) is 0 Å². The Labute approximate surface area is 90.3 Å². The molecule has 8 nitrogen and oxygen atoms in total. The summed E-state index contributed by atoms with van der Waals surface area (Å²) in [5.74, 6) is -0.112. The van der Waals surface area contributed by atoms with Gasteiger partial charge in [0.1, 0.15) is 18.7 Å². The fourth-order valence-electron chi connectivity index (χ4n) is 1.60. The van der Waals surface area contributed by atoms with Gasteiger partial charge in [0, 0.05) is 6.42 Å². The highest BCUT2D eigenvalue weighted by Crippen LogP contribution is 2.26. The Hall–Kier alpha value is -1.51. The molecule has 1 fully saturated rings. The third kappa shape index (κ3) is 1.90. The van der Waals surface area contributed by atoms with E-state index < -0.39 is 24.1 Å². The van der Waals surface area contributed by atoms with Crippen LogP contribution in [-0.4, -0.2) is 43.6 Å². The molecule has 3 atom stereocenters. The Morgan fingerprint density at radius 2 is 2.44 bits per heavy atom. The minimum atomic E-state index is -0.806. The van der Waals surface area contributed by atoms with Crippen LogP contribution in [0.4, 0.5) is 5.95 Å². The molecule has 0 aliphatic carbocycles. The predicted octanol–water partition coefficient (Wildman–Crippen LogP) is -2.14. The molecule has 0 radical (unpaired) electrons. The number of ether oxygens (including phenoxy) is 1. The first-order valence-corrected chi connectivity index (χ1v) is 4.77. The molecule has 2 rings (SSSR count). The number of hydrogen-bond acceptors (Lipinski definition) is 7. The summed E-state index contributed by atoms with van der Waals surface area (Å²) in [5.41, 5.74) is 4.65. The largest absolute Gasteiger partial charge is 0.394 e. The molecule has 1 aliphatic heterocycles. The summed E-state index contributed by atoms with van der Waals surface area (Å²) in [6.07, 6.45) is -0.741. The molecule has 4 N–H and O–H groups in total. The van der Waals surface area contributed by atoms with Crippen molar-refractivity contribution < 1.29 is 14.9 Å². The summed E-state index contributed by atoms with van der Waals surface area (Å²) in [6.45, 7) is -0.303. The molecule has 0 aromatic carbocycles. The zero-order valence-electron chi connectivity index (χ0n) is 8.35. The molecule has 0 bridgehead atoms. The molecule has 1 aromatic rings. The van der Waals surface area contributed by atoms with Gasteiger partial charge in [-0.05, 0) is 0 Å². The maximum Gasteiger partial charge on any atom is 0.354 e. The van der Waals surface area contributed by atoms with Crippen molar-refractivity contribution in [1.29, 1.82) is 0 Å². The molecule has 0 amide bonds. The summed E-state index contributed by atoms with van der Waals surface area (Å²) in [6, 6.07) is 0. The van der Waals surface area contributed by atoms with Gasteiger partial charge in [-0.15, -0.1) is 0 Å². The van der Waals surface area contributed by atoms with Gasteiger partial charge in [0.2, 0.25) is 5.95 Å². The van der Waals surface area contributed by atoms with Gasteiger partial charge in [0.25, 0.3) is 0 Å². The summed E-state index contributed by atoms with van der Waals surface area (Å²) in [4.78, 5) is 18.5. The van der Waals surface area contributed by atoms with Gasteiger partial charge in [-0.25, -0.2) is 9.78 Å². The Morgan fingerprint density at radius 1 is 1.69 bits per heavy atom. The van der Waals surface area contributed by atoms with E-state index in [1.165, 1.54) is 6.33 Å². The van der Waals surface area contributed by atoms with Gasteiger partial charge < -0.3 is 20.7 Å². The monoisotopic (exact) mass is 228 g/mol. The fraction of sp³-hybridized carbons (Fsp3) is 0.625. The van der Waals surface area contributed by atoms with E-state index in [4.69, 9.17) is 15.6 Å². The Morgan fingerprint density at radius 3 is 3.00 bits per heavy atom. The van der Waals surface area contributed by atoms with Crippen LogP contribution >= 0.6 is 0 Å². The number of aromatic nitrogens is 3. The van der Waals surface area contributed by atoms with Crippen LogP contribution in [0.1, 0.15) is 12.6 Å². The van der Waals surface area contributed by atoms with E-state index in [1.54, 1.807) is 0 Å². The van der Waals surface area contributed by atoms with E-state index in [0.717, 1.165) is 4.57 Å². The second-order valence-corrected chi connectivity index (χ2v) is 3.52. The summed E-state index contributed by atoms with van der Waals surface area (Å²) >= 11 is 0. The van der Waals surface area contributed by atoms with Crippen LogP contribution in [0.25, 0.3) is 0 Å². The number of nitrogen functional groups attached to an aromatic ring is 1. The van der Waals surface area contributed by atoms with E-state index in [0.29, 0.717) is 0 Å².